The number of nitrogens with zero attached hydrogens (tertiary/aromatic N) is 3. The second-order valence-electron chi connectivity index (χ2n) is 7.36. The summed E-state index contributed by atoms with van der Waals surface area (Å²) in [5.41, 5.74) is 1.03. The average molecular weight is 385 g/mol. The van der Waals surface area contributed by atoms with Gasteiger partial charge in [-0.25, -0.2) is 8.78 Å². The van der Waals surface area contributed by atoms with Crippen molar-refractivity contribution in [1.82, 2.24) is 9.80 Å². The third kappa shape index (κ3) is 4.86. The topological polar surface area (TPSA) is 39.5 Å². The molecule has 1 fully saturated rings. The fourth-order valence-corrected chi connectivity index (χ4v) is 3.49. The van der Waals surface area contributed by atoms with Crippen LogP contribution in [0.25, 0.3) is 11.1 Å². The van der Waals surface area contributed by atoms with Crippen LogP contribution in [-0.2, 0) is 0 Å². The molecule has 1 aliphatic heterocycles. The maximum absolute atomic E-state index is 14.4. The molecule has 0 N–H and O–H groups in total. The van der Waals surface area contributed by atoms with Crippen molar-refractivity contribution in [3.8, 4) is 22.9 Å². The Morgan fingerprint density at radius 1 is 1.14 bits per heavy atom. The van der Waals surface area contributed by atoms with E-state index in [9.17, 15) is 8.78 Å². The van der Waals surface area contributed by atoms with Gasteiger partial charge in [-0.1, -0.05) is 12.1 Å². The Labute approximate surface area is 164 Å². The molecule has 0 saturated carbocycles. The summed E-state index contributed by atoms with van der Waals surface area (Å²) < 4.78 is 33.7. The molecule has 1 unspecified atom stereocenters. The van der Waals surface area contributed by atoms with Crippen molar-refractivity contribution in [2.75, 3.05) is 40.3 Å². The van der Waals surface area contributed by atoms with E-state index in [0.717, 1.165) is 26.1 Å². The zero-order valence-electron chi connectivity index (χ0n) is 16.3. The summed E-state index contributed by atoms with van der Waals surface area (Å²) in [6.07, 6.45) is 2.02. The van der Waals surface area contributed by atoms with E-state index < -0.39 is 11.6 Å². The van der Waals surface area contributed by atoms with Crippen molar-refractivity contribution in [3.05, 3.63) is 53.6 Å². The maximum atomic E-state index is 14.4. The molecule has 4 nitrogen and oxygen atoms in total. The first-order valence-electron chi connectivity index (χ1n) is 9.49. The molecule has 0 radical (unpaired) electrons. The lowest BCUT2D eigenvalue weighted by Crippen LogP contribution is -2.32. The minimum Gasteiger partial charge on any atom is -0.490 e. The normalized spacial score (nSPS) is 17.1. The van der Waals surface area contributed by atoms with Crippen LogP contribution >= 0.6 is 0 Å². The fraction of sp³-hybridized carbons (Fsp3) is 0.409. The smallest absolute Gasteiger partial charge is 0.165 e. The van der Waals surface area contributed by atoms with Crippen molar-refractivity contribution in [2.45, 2.75) is 18.9 Å². The zero-order valence-corrected chi connectivity index (χ0v) is 16.3. The largest absolute Gasteiger partial charge is 0.490 e. The molecule has 1 aliphatic rings. The number of nitriles is 1. The van der Waals surface area contributed by atoms with E-state index in [1.807, 2.05) is 0 Å². The van der Waals surface area contributed by atoms with E-state index in [4.69, 9.17) is 10.00 Å². The first-order valence-corrected chi connectivity index (χ1v) is 9.49. The molecule has 1 saturated heterocycles. The Morgan fingerprint density at radius 3 is 2.46 bits per heavy atom. The van der Waals surface area contributed by atoms with Gasteiger partial charge in [0.05, 0.1) is 12.2 Å². The Hall–Kier alpha value is -2.49. The van der Waals surface area contributed by atoms with E-state index in [2.05, 4.69) is 23.9 Å². The monoisotopic (exact) mass is 385 g/mol. The van der Waals surface area contributed by atoms with E-state index in [0.29, 0.717) is 23.8 Å². The second-order valence-corrected chi connectivity index (χ2v) is 7.36. The third-order valence-electron chi connectivity index (χ3n) is 5.21. The number of ether oxygens (including phenoxy) is 1. The van der Waals surface area contributed by atoms with Gasteiger partial charge in [0, 0.05) is 19.1 Å². The van der Waals surface area contributed by atoms with Gasteiger partial charge in [0.2, 0.25) is 0 Å². The highest BCUT2D eigenvalue weighted by molar-refractivity contribution is 5.65. The van der Waals surface area contributed by atoms with Crippen LogP contribution in [-0.4, -0.2) is 56.2 Å². The highest BCUT2D eigenvalue weighted by Crippen LogP contribution is 2.27. The molecular weight excluding hydrogens is 360 g/mol. The lowest BCUT2D eigenvalue weighted by atomic mass is 10.0. The van der Waals surface area contributed by atoms with Crippen molar-refractivity contribution >= 4 is 0 Å². The number of likely N-dealkylation sites (tertiary alicyclic amines) is 1. The molecule has 3 rings (SSSR count). The van der Waals surface area contributed by atoms with Crippen LogP contribution in [0.5, 0.6) is 5.75 Å². The first kappa shape index (κ1) is 20.2. The van der Waals surface area contributed by atoms with Crippen molar-refractivity contribution < 1.29 is 13.5 Å². The molecular formula is C22H25F2N3O. The molecule has 6 heteroatoms. The molecule has 148 valence electrons. The average Bonchev–Trinajstić information content (AvgIpc) is 3.15. The molecule has 0 amide bonds. The number of hydrogen-bond acceptors (Lipinski definition) is 4. The zero-order chi connectivity index (χ0) is 20.1. The summed E-state index contributed by atoms with van der Waals surface area (Å²) in [5.74, 6) is -0.888. The fourth-order valence-electron chi connectivity index (χ4n) is 3.49. The van der Waals surface area contributed by atoms with Gasteiger partial charge in [-0.3, -0.25) is 0 Å². The molecule has 1 heterocycles. The van der Waals surface area contributed by atoms with Gasteiger partial charge in [-0.05, 0) is 68.9 Å². The van der Waals surface area contributed by atoms with Crippen molar-refractivity contribution in [2.24, 2.45) is 0 Å². The highest BCUT2D eigenvalue weighted by Gasteiger charge is 2.23. The Bertz CT molecular complexity index is 863. The quantitative estimate of drug-likeness (QED) is 0.678. The van der Waals surface area contributed by atoms with Gasteiger partial charge in [-0.15, -0.1) is 0 Å². The minimum absolute atomic E-state index is 0.0286. The van der Waals surface area contributed by atoms with Gasteiger partial charge < -0.3 is 14.5 Å². The van der Waals surface area contributed by atoms with Crippen LogP contribution < -0.4 is 4.74 Å². The number of rotatable bonds is 7. The molecule has 28 heavy (non-hydrogen) atoms. The molecule has 0 aliphatic carbocycles. The summed E-state index contributed by atoms with van der Waals surface area (Å²) >= 11 is 0. The van der Waals surface area contributed by atoms with Crippen LogP contribution in [0.1, 0.15) is 18.4 Å². The van der Waals surface area contributed by atoms with Crippen LogP contribution in [0.3, 0.4) is 0 Å². The summed E-state index contributed by atoms with van der Waals surface area (Å²) in [7, 11) is 4.21. The summed E-state index contributed by atoms with van der Waals surface area (Å²) in [6, 6.07) is 11.2. The van der Waals surface area contributed by atoms with Gasteiger partial charge in [0.15, 0.2) is 11.6 Å². The first-order chi connectivity index (χ1) is 13.5. The summed E-state index contributed by atoms with van der Waals surface area (Å²) in [5, 5.41) is 8.80. The van der Waals surface area contributed by atoms with Crippen LogP contribution in [0, 0.1) is 23.0 Å². The van der Waals surface area contributed by atoms with Crippen molar-refractivity contribution in [1.29, 1.82) is 5.26 Å². The Kier molecular flexibility index (Phi) is 6.61. The number of benzene rings is 2. The molecule has 0 spiro atoms. The predicted molar refractivity (Wildman–Crippen MR) is 105 cm³/mol. The molecule has 2 aromatic carbocycles. The maximum Gasteiger partial charge on any atom is 0.165 e. The van der Waals surface area contributed by atoms with Crippen LogP contribution in [0.2, 0.25) is 0 Å². The molecule has 0 aromatic heterocycles. The van der Waals surface area contributed by atoms with Gasteiger partial charge in [0.1, 0.15) is 11.9 Å². The van der Waals surface area contributed by atoms with Gasteiger partial charge in [0.25, 0.3) is 0 Å². The molecule has 0 bridgehead atoms. The van der Waals surface area contributed by atoms with Crippen LogP contribution in [0.4, 0.5) is 8.78 Å². The lowest BCUT2D eigenvalue weighted by molar-refractivity contribution is 0.238. The number of halogens is 2. The summed E-state index contributed by atoms with van der Waals surface area (Å²) in [4.78, 5) is 4.67. The number of likely N-dealkylation sites (N-methyl/N-ethyl adjacent to an activating group) is 1. The van der Waals surface area contributed by atoms with E-state index in [1.165, 1.54) is 24.6 Å². The lowest BCUT2D eigenvalue weighted by Gasteiger charge is -2.20. The van der Waals surface area contributed by atoms with E-state index >= 15 is 0 Å². The standard InChI is InChI=1S/C22H25F2N3O/c1-26(2)19-8-10-27(15-19)9-3-11-28-22-7-6-17(13-21(22)24)16-4-5-18(14-25)20(23)12-16/h4-7,12-13,19H,3,8-11,15H2,1-2H3. The Morgan fingerprint density at radius 2 is 1.86 bits per heavy atom. The number of hydrogen-bond donors (Lipinski definition) is 0. The van der Waals surface area contributed by atoms with Gasteiger partial charge >= 0.3 is 0 Å². The highest BCUT2D eigenvalue weighted by atomic mass is 19.1. The van der Waals surface area contributed by atoms with E-state index in [-0.39, 0.29) is 11.3 Å². The SMILES string of the molecule is CN(C)C1CCN(CCCOc2ccc(-c3ccc(C#N)c(F)c3)cc2F)C1. The second kappa shape index (κ2) is 9.13. The van der Waals surface area contributed by atoms with Crippen molar-refractivity contribution in [3.63, 3.8) is 0 Å². The third-order valence-corrected chi connectivity index (χ3v) is 5.21. The Balaban J connectivity index is 1.52. The summed E-state index contributed by atoms with van der Waals surface area (Å²) in [6.45, 7) is 3.55. The predicted octanol–water partition coefficient (Wildman–Crippen LogP) is 3.91. The van der Waals surface area contributed by atoms with Gasteiger partial charge in [-0.2, -0.15) is 5.26 Å². The minimum atomic E-state index is -0.612. The van der Waals surface area contributed by atoms with Crippen LogP contribution in [0.15, 0.2) is 36.4 Å². The van der Waals surface area contributed by atoms with E-state index in [1.54, 1.807) is 24.3 Å². The molecule has 2 aromatic rings. The molecule has 1 atom stereocenters.